The standard InChI is InChI=1S/C12H16O3/c1-4-10(13)9(3)15-11(5-2)12-7-6-8-14-12/h4-11,13H,1-2H2,3H3/t9-,10+,11-/m0/s1. The highest BCUT2D eigenvalue weighted by Crippen LogP contribution is 2.21. The van der Waals surface area contributed by atoms with Crippen LogP contribution in [0.25, 0.3) is 0 Å². The topological polar surface area (TPSA) is 42.6 Å². The minimum Gasteiger partial charge on any atom is -0.466 e. The first-order chi connectivity index (χ1) is 7.19. The smallest absolute Gasteiger partial charge is 0.136 e. The van der Waals surface area contributed by atoms with E-state index in [4.69, 9.17) is 9.15 Å². The molecule has 0 aliphatic carbocycles. The Bertz CT molecular complexity index is 303. The van der Waals surface area contributed by atoms with Gasteiger partial charge in [-0.15, -0.1) is 13.2 Å². The Morgan fingerprint density at radius 3 is 2.67 bits per heavy atom. The van der Waals surface area contributed by atoms with Crippen LogP contribution in [-0.2, 0) is 4.74 Å². The fraction of sp³-hybridized carbons (Fsp3) is 0.333. The Morgan fingerprint density at radius 1 is 1.47 bits per heavy atom. The van der Waals surface area contributed by atoms with Gasteiger partial charge in [-0.25, -0.2) is 0 Å². The highest BCUT2D eigenvalue weighted by molar-refractivity contribution is 5.08. The minimum atomic E-state index is -0.692. The van der Waals surface area contributed by atoms with E-state index in [-0.39, 0.29) is 12.2 Å². The molecule has 0 amide bonds. The van der Waals surface area contributed by atoms with E-state index in [0.29, 0.717) is 5.76 Å². The van der Waals surface area contributed by atoms with Crippen LogP contribution in [0, 0.1) is 0 Å². The summed E-state index contributed by atoms with van der Waals surface area (Å²) in [6.07, 6.45) is 3.25. The predicted octanol–water partition coefficient (Wildman–Crippen LogP) is 2.46. The van der Waals surface area contributed by atoms with Gasteiger partial charge in [0.25, 0.3) is 0 Å². The number of rotatable bonds is 6. The highest BCUT2D eigenvalue weighted by Gasteiger charge is 2.18. The van der Waals surface area contributed by atoms with Gasteiger partial charge in [-0.05, 0) is 19.1 Å². The zero-order chi connectivity index (χ0) is 11.3. The van der Waals surface area contributed by atoms with Crippen LogP contribution in [0.2, 0.25) is 0 Å². The number of hydrogen-bond acceptors (Lipinski definition) is 3. The Morgan fingerprint density at radius 2 is 2.20 bits per heavy atom. The van der Waals surface area contributed by atoms with Gasteiger partial charge in [0.15, 0.2) is 0 Å². The molecule has 0 radical (unpaired) electrons. The van der Waals surface area contributed by atoms with E-state index < -0.39 is 6.10 Å². The fourth-order valence-corrected chi connectivity index (χ4v) is 1.20. The molecule has 82 valence electrons. The maximum absolute atomic E-state index is 9.46. The molecule has 3 heteroatoms. The fourth-order valence-electron chi connectivity index (χ4n) is 1.20. The summed E-state index contributed by atoms with van der Waals surface area (Å²) in [5, 5.41) is 9.46. The predicted molar refractivity (Wildman–Crippen MR) is 58.4 cm³/mol. The second-order valence-electron chi connectivity index (χ2n) is 3.24. The van der Waals surface area contributed by atoms with Gasteiger partial charge in [0, 0.05) is 0 Å². The van der Waals surface area contributed by atoms with Gasteiger partial charge in [0.2, 0.25) is 0 Å². The van der Waals surface area contributed by atoms with Crippen LogP contribution in [0.4, 0.5) is 0 Å². The number of ether oxygens (including phenoxy) is 1. The lowest BCUT2D eigenvalue weighted by Gasteiger charge is -2.20. The SMILES string of the molecule is C=C[C@H](O[C@@H](C)[C@H](O)C=C)c1ccco1. The summed E-state index contributed by atoms with van der Waals surface area (Å²) in [4.78, 5) is 0. The van der Waals surface area contributed by atoms with Gasteiger partial charge in [-0.1, -0.05) is 12.2 Å². The summed E-state index contributed by atoms with van der Waals surface area (Å²) in [6.45, 7) is 8.93. The Kier molecular flexibility index (Phi) is 4.34. The second-order valence-corrected chi connectivity index (χ2v) is 3.24. The lowest BCUT2D eigenvalue weighted by Crippen LogP contribution is -2.25. The van der Waals surface area contributed by atoms with Crippen molar-refractivity contribution >= 4 is 0 Å². The summed E-state index contributed by atoms with van der Waals surface area (Å²) < 4.78 is 10.8. The molecular formula is C12H16O3. The lowest BCUT2D eigenvalue weighted by molar-refractivity contribution is -0.0415. The third-order valence-corrected chi connectivity index (χ3v) is 2.12. The average molecular weight is 208 g/mol. The Hall–Kier alpha value is -1.32. The van der Waals surface area contributed by atoms with Crippen molar-refractivity contribution in [1.29, 1.82) is 0 Å². The molecule has 0 spiro atoms. The normalized spacial score (nSPS) is 16.7. The van der Waals surface area contributed by atoms with E-state index in [0.717, 1.165) is 0 Å². The largest absolute Gasteiger partial charge is 0.466 e. The van der Waals surface area contributed by atoms with Crippen molar-refractivity contribution in [1.82, 2.24) is 0 Å². The molecule has 0 fully saturated rings. The van der Waals surface area contributed by atoms with Crippen LogP contribution in [-0.4, -0.2) is 17.3 Å². The zero-order valence-corrected chi connectivity index (χ0v) is 8.80. The van der Waals surface area contributed by atoms with E-state index >= 15 is 0 Å². The molecule has 0 aliphatic rings. The van der Waals surface area contributed by atoms with Gasteiger partial charge in [0.1, 0.15) is 11.9 Å². The highest BCUT2D eigenvalue weighted by atomic mass is 16.5. The second kappa shape index (κ2) is 5.53. The summed E-state index contributed by atoms with van der Waals surface area (Å²) in [6, 6.07) is 3.59. The zero-order valence-electron chi connectivity index (χ0n) is 8.80. The molecule has 0 bridgehead atoms. The molecule has 3 atom stereocenters. The first-order valence-corrected chi connectivity index (χ1v) is 4.81. The van der Waals surface area contributed by atoms with Crippen LogP contribution < -0.4 is 0 Å². The van der Waals surface area contributed by atoms with Gasteiger partial charge in [-0.2, -0.15) is 0 Å². The van der Waals surface area contributed by atoms with Crippen molar-refractivity contribution in [3.8, 4) is 0 Å². The monoisotopic (exact) mass is 208 g/mol. The first kappa shape index (κ1) is 11.8. The molecule has 0 saturated carbocycles. The van der Waals surface area contributed by atoms with Crippen LogP contribution in [0.5, 0.6) is 0 Å². The van der Waals surface area contributed by atoms with Crippen molar-refractivity contribution in [2.45, 2.75) is 25.2 Å². The maximum Gasteiger partial charge on any atom is 0.136 e. The Balaban J connectivity index is 2.62. The molecule has 1 rings (SSSR count). The van der Waals surface area contributed by atoms with Crippen molar-refractivity contribution in [3.63, 3.8) is 0 Å². The number of aliphatic hydroxyl groups excluding tert-OH is 1. The molecular weight excluding hydrogens is 192 g/mol. The number of aliphatic hydroxyl groups is 1. The van der Waals surface area contributed by atoms with E-state index in [2.05, 4.69) is 13.2 Å². The summed E-state index contributed by atoms with van der Waals surface area (Å²) >= 11 is 0. The van der Waals surface area contributed by atoms with Crippen molar-refractivity contribution in [3.05, 3.63) is 49.5 Å². The minimum absolute atomic E-state index is 0.343. The van der Waals surface area contributed by atoms with Crippen LogP contribution in [0.15, 0.2) is 48.1 Å². The van der Waals surface area contributed by atoms with Crippen LogP contribution >= 0.6 is 0 Å². The maximum atomic E-state index is 9.46. The van der Waals surface area contributed by atoms with E-state index in [1.54, 1.807) is 31.4 Å². The summed E-state index contributed by atoms with van der Waals surface area (Å²) in [5.74, 6) is 0.674. The lowest BCUT2D eigenvalue weighted by atomic mass is 10.2. The van der Waals surface area contributed by atoms with Crippen LogP contribution in [0.1, 0.15) is 18.8 Å². The van der Waals surface area contributed by atoms with Crippen molar-refractivity contribution < 1.29 is 14.3 Å². The Labute approximate surface area is 89.7 Å². The summed E-state index contributed by atoms with van der Waals surface area (Å²) in [5.41, 5.74) is 0. The molecule has 1 aromatic rings. The summed E-state index contributed by atoms with van der Waals surface area (Å²) in [7, 11) is 0. The molecule has 0 aromatic carbocycles. The molecule has 15 heavy (non-hydrogen) atoms. The third kappa shape index (κ3) is 3.08. The molecule has 0 aliphatic heterocycles. The molecule has 1 N–H and O–H groups in total. The average Bonchev–Trinajstić information content (AvgIpc) is 2.77. The van der Waals surface area contributed by atoms with Crippen molar-refractivity contribution in [2.24, 2.45) is 0 Å². The van der Waals surface area contributed by atoms with Gasteiger partial charge >= 0.3 is 0 Å². The molecule has 0 unspecified atom stereocenters. The quantitative estimate of drug-likeness (QED) is 0.730. The molecule has 1 aromatic heterocycles. The van der Waals surface area contributed by atoms with Gasteiger partial charge in [0.05, 0.1) is 18.5 Å². The number of hydrogen-bond donors (Lipinski definition) is 1. The van der Waals surface area contributed by atoms with Crippen molar-refractivity contribution in [2.75, 3.05) is 0 Å². The van der Waals surface area contributed by atoms with E-state index in [1.807, 2.05) is 0 Å². The van der Waals surface area contributed by atoms with Gasteiger partial charge in [-0.3, -0.25) is 0 Å². The third-order valence-electron chi connectivity index (χ3n) is 2.12. The molecule has 0 saturated heterocycles. The van der Waals surface area contributed by atoms with Crippen LogP contribution in [0.3, 0.4) is 0 Å². The first-order valence-electron chi connectivity index (χ1n) is 4.81. The van der Waals surface area contributed by atoms with E-state index in [9.17, 15) is 5.11 Å². The molecule has 3 nitrogen and oxygen atoms in total. The van der Waals surface area contributed by atoms with Gasteiger partial charge < -0.3 is 14.3 Å². The number of furan rings is 1. The molecule has 1 heterocycles. The van der Waals surface area contributed by atoms with E-state index in [1.165, 1.54) is 6.08 Å².